The molecular formula is C16H17N3O2S. The van der Waals surface area contributed by atoms with Crippen molar-refractivity contribution in [2.24, 2.45) is 10.9 Å². The molecule has 2 aromatic rings. The van der Waals surface area contributed by atoms with Crippen LogP contribution in [-0.2, 0) is 15.4 Å². The van der Waals surface area contributed by atoms with Crippen molar-refractivity contribution in [2.75, 3.05) is 5.75 Å². The van der Waals surface area contributed by atoms with Gasteiger partial charge in [-0.1, -0.05) is 35.5 Å². The number of hydrogen-bond acceptors (Lipinski definition) is 5. The molecular weight excluding hydrogens is 298 g/mol. The topological polar surface area (TPSA) is 77.6 Å². The van der Waals surface area contributed by atoms with Crippen LogP contribution in [-0.4, -0.2) is 22.5 Å². The number of nitrogens with two attached hydrogens (primary N) is 1. The fourth-order valence-electron chi connectivity index (χ4n) is 1.64. The van der Waals surface area contributed by atoms with Gasteiger partial charge in [-0.15, -0.1) is 0 Å². The first-order valence-electron chi connectivity index (χ1n) is 6.81. The van der Waals surface area contributed by atoms with Gasteiger partial charge in [-0.25, -0.2) is 4.79 Å². The van der Waals surface area contributed by atoms with Crippen LogP contribution >= 0.6 is 11.8 Å². The van der Waals surface area contributed by atoms with Crippen molar-refractivity contribution < 1.29 is 9.63 Å². The third-order valence-corrected chi connectivity index (χ3v) is 3.81. The van der Waals surface area contributed by atoms with E-state index in [4.69, 9.17) is 10.6 Å². The minimum Gasteiger partial charge on any atom is -0.380 e. The van der Waals surface area contributed by atoms with Crippen molar-refractivity contribution in [3.63, 3.8) is 0 Å². The van der Waals surface area contributed by atoms with Crippen LogP contribution in [0.3, 0.4) is 0 Å². The van der Waals surface area contributed by atoms with E-state index in [9.17, 15) is 4.79 Å². The summed E-state index contributed by atoms with van der Waals surface area (Å²) < 4.78 is 0. The Morgan fingerprint density at radius 1 is 1.18 bits per heavy atom. The zero-order chi connectivity index (χ0) is 15.6. The van der Waals surface area contributed by atoms with Crippen molar-refractivity contribution in [3.8, 4) is 0 Å². The highest BCUT2D eigenvalue weighted by atomic mass is 32.2. The van der Waals surface area contributed by atoms with Crippen LogP contribution in [0.15, 0.2) is 60.0 Å². The number of oxime groups is 1. The van der Waals surface area contributed by atoms with Gasteiger partial charge in [0.2, 0.25) is 0 Å². The Labute approximate surface area is 133 Å². The Kier molecular flexibility index (Phi) is 6.44. The maximum absolute atomic E-state index is 11.6. The molecule has 0 amide bonds. The molecule has 0 aliphatic carbocycles. The Hall–Kier alpha value is -2.34. The molecule has 0 bridgehead atoms. The summed E-state index contributed by atoms with van der Waals surface area (Å²) in [5.41, 5.74) is 7.62. The molecule has 0 fully saturated rings. The van der Waals surface area contributed by atoms with Crippen LogP contribution in [0.25, 0.3) is 0 Å². The molecule has 22 heavy (non-hydrogen) atoms. The predicted octanol–water partition coefficient (Wildman–Crippen LogP) is 2.57. The van der Waals surface area contributed by atoms with Gasteiger partial charge in [0, 0.05) is 29.5 Å². The van der Waals surface area contributed by atoms with Gasteiger partial charge in [0.1, 0.15) is 0 Å². The monoisotopic (exact) mass is 315 g/mol. The second-order valence-corrected chi connectivity index (χ2v) is 5.57. The molecule has 0 atom stereocenters. The smallest absolute Gasteiger partial charge is 0.335 e. The predicted molar refractivity (Wildman–Crippen MR) is 88.3 cm³/mol. The zero-order valence-electron chi connectivity index (χ0n) is 12.0. The number of carbonyl (C=O) groups excluding carboxylic acids is 1. The van der Waals surface area contributed by atoms with E-state index in [1.165, 1.54) is 5.56 Å². The molecule has 0 spiro atoms. The lowest BCUT2D eigenvalue weighted by molar-refractivity contribution is -0.143. The number of hydrogen-bond donors (Lipinski definition) is 1. The van der Waals surface area contributed by atoms with Crippen molar-refractivity contribution in [3.05, 3.63) is 66.0 Å². The SMILES string of the molecule is N/C(=N\OC(=O)CCSCc1ccccc1)c1ccncc1. The zero-order valence-corrected chi connectivity index (χ0v) is 12.8. The summed E-state index contributed by atoms with van der Waals surface area (Å²) in [5, 5.41) is 3.64. The number of benzene rings is 1. The number of amidine groups is 1. The summed E-state index contributed by atoms with van der Waals surface area (Å²) in [6, 6.07) is 13.5. The third-order valence-electron chi connectivity index (χ3n) is 2.78. The lowest BCUT2D eigenvalue weighted by Crippen LogP contribution is -2.15. The van der Waals surface area contributed by atoms with Gasteiger partial charge in [-0.2, -0.15) is 11.8 Å². The first kappa shape index (κ1) is 16.0. The van der Waals surface area contributed by atoms with Crippen LogP contribution in [0.2, 0.25) is 0 Å². The van der Waals surface area contributed by atoms with Gasteiger partial charge in [0.15, 0.2) is 5.84 Å². The van der Waals surface area contributed by atoms with Crippen molar-refractivity contribution >= 4 is 23.6 Å². The summed E-state index contributed by atoms with van der Waals surface area (Å²) in [6.45, 7) is 0. The van der Waals surface area contributed by atoms with Crippen LogP contribution in [0, 0.1) is 0 Å². The summed E-state index contributed by atoms with van der Waals surface area (Å²) in [7, 11) is 0. The highest BCUT2D eigenvalue weighted by Crippen LogP contribution is 2.12. The number of nitrogens with zero attached hydrogens (tertiary/aromatic N) is 2. The van der Waals surface area contributed by atoms with E-state index in [2.05, 4.69) is 22.3 Å². The second-order valence-electron chi connectivity index (χ2n) is 4.46. The standard InChI is InChI=1S/C16H17N3O2S/c17-16(14-6-9-18-10-7-14)19-21-15(20)8-11-22-12-13-4-2-1-3-5-13/h1-7,9-10H,8,11-12H2,(H2,17,19). The molecule has 0 unspecified atom stereocenters. The van der Waals surface area contributed by atoms with E-state index in [1.807, 2.05) is 18.2 Å². The Morgan fingerprint density at radius 3 is 2.64 bits per heavy atom. The summed E-state index contributed by atoms with van der Waals surface area (Å²) in [6.07, 6.45) is 3.49. The van der Waals surface area contributed by atoms with Crippen LogP contribution in [0.1, 0.15) is 17.5 Å². The molecule has 0 radical (unpaired) electrons. The molecule has 2 rings (SSSR count). The normalized spacial score (nSPS) is 11.2. The summed E-state index contributed by atoms with van der Waals surface area (Å²) in [5.74, 6) is 1.32. The molecule has 1 heterocycles. The number of carbonyl (C=O) groups is 1. The third kappa shape index (κ3) is 5.57. The van der Waals surface area contributed by atoms with Crippen molar-refractivity contribution in [1.29, 1.82) is 0 Å². The minimum absolute atomic E-state index is 0.160. The molecule has 1 aromatic carbocycles. The van der Waals surface area contributed by atoms with Crippen LogP contribution < -0.4 is 5.73 Å². The van der Waals surface area contributed by atoms with Gasteiger partial charge in [0.05, 0.1) is 6.42 Å². The second kappa shape index (κ2) is 8.84. The van der Waals surface area contributed by atoms with E-state index in [0.29, 0.717) is 17.7 Å². The molecule has 2 N–H and O–H groups in total. The molecule has 0 saturated heterocycles. The number of thioether (sulfide) groups is 1. The number of pyridine rings is 1. The first-order chi connectivity index (χ1) is 10.8. The van der Waals surface area contributed by atoms with E-state index < -0.39 is 5.97 Å². The van der Waals surface area contributed by atoms with Gasteiger partial charge in [-0.3, -0.25) is 4.98 Å². The molecule has 1 aromatic heterocycles. The maximum atomic E-state index is 11.6. The average Bonchev–Trinajstić information content (AvgIpc) is 2.58. The van der Waals surface area contributed by atoms with Gasteiger partial charge >= 0.3 is 5.97 Å². The Bertz CT molecular complexity index is 618. The van der Waals surface area contributed by atoms with E-state index >= 15 is 0 Å². The highest BCUT2D eigenvalue weighted by molar-refractivity contribution is 7.98. The van der Waals surface area contributed by atoms with E-state index in [1.54, 1.807) is 36.3 Å². The fourth-order valence-corrected chi connectivity index (χ4v) is 2.52. The molecule has 6 heteroatoms. The Balaban J connectivity index is 1.68. The first-order valence-corrected chi connectivity index (χ1v) is 7.96. The number of rotatable bonds is 7. The highest BCUT2D eigenvalue weighted by Gasteiger charge is 2.04. The van der Waals surface area contributed by atoms with Gasteiger partial charge < -0.3 is 10.6 Å². The lowest BCUT2D eigenvalue weighted by Gasteiger charge is -2.02. The Morgan fingerprint density at radius 2 is 1.91 bits per heavy atom. The van der Waals surface area contributed by atoms with Gasteiger partial charge in [0.25, 0.3) is 0 Å². The van der Waals surface area contributed by atoms with Crippen LogP contribution in [0.4, 0.5) is 0 Å². The summed E-state index contributed by atoms with van der Waals surface area (Å²) >= 11 is 1.68. The minimum atomic E-state index is -0.391. The largest absolute Gasteiger partial charge is 0.380 e. The van der Waals surface area contributed by atoms with E-state index in [-0.39, 0.29) is 5.84 Å². The quantitative estimate of drug-likeness (QED) is 0.279. The van der Waals surface area contributed by atoms with Crippen molar-refractivity contribution in [1.82, 2.24) is 4.98 Å². The number of aromatic nitrogens is 1. The molecule has 0 aliphatic heterocycles. The average molecular weight is 315 g/mol. The molecule has 114 valence electrons. The van der Waals surface area contributed by atoms with Crippen LogP contribution in [0.5, 0.6) is 0 Å². The van der Waals surface area contributed by atoms with Gasteiger partial charge in [-0.05, 0) is 17.7 Å². The molecule has 5 nitrogen and oxygen atoms in total. The molecule has 0 saturated carbocycles. The van der Waals surface area contributed by atoms with E-state index in [0.717, 1.165) is 5.75 Å². The maximum Gasteiger partial charge on any atom is 0.335 e. The lowest BCUT2D eigenvalue weighted by atomic mass is 10.2. The summed E-state index contributed by atoms with van der Waals surface area (Å²) in [4.78, 5) is 20.3. The fraction of sp³-hybridized carbons (Fsp3) is 0.188. The van der Waals surface area contributed by atoms with Crippen molar-refractivity contribution in [2.45, 2.75) is 12.2 Å². The molecule has 0 aliphatic rings.